The third-order valence-electron chi connectivity index (χ3n) is 1.90. The van der Waals surface area contributed by atoms with Gasteiger partial charge in [-0.25, -0.2) is 0 Å². The number of rotatable bonds is 1. The predicted molar refractivity (Wildman–Crippen MR) is 49.1 cm³/mol. The predicted octanol–water partition coefficient (Wildman–Crippen LogP) is 1.99. The molecule has 58 valence electrons. The van der Waals surface area contributed by atoms with Gasteiger partial charge >= 0.3 is 0 Å². The largest absolute Gasteiger partial charge is 0.312 e. The van der Waals surface area contributed by atoms with Crippen LogP contribution < -0.4 is 5.32 Å². The van der Waals surface area contributed by atoms with Crippen molar-refractivity contribution in [2.75, 3.05) is 13.1 Å². The van der Waals surface area contributed by atoms with E-state index in [1.54, 1.807) is 0 Å². The number of hydrogen-bond acceptors (Lipinski definition) is 2. The van der Waals surface area contributed by atoms with E-state index in [2.05, 4.69) is 35.0 Å². The molecule has 2 rings (SSSR count). The van der Waals surface area contributed by atoms with Gasteiger partial charge in [0.1, 0.15) is 0 Å². The Kier molecular flexibility index (Phi) is 2.06. The Hall–Kier alpha value is -0.600. The van der Waals surface area contributed by atoms with Gasteiger partial charge in [-0.2, -0.15) is 0 Å². The molecule has 0 aliphatic carbocycles. The molecule has 1 aliphatic rings. The van der Waals surface area contributed by atoms with E-state index in [-0.39, 0.29) is 0 Å². The maximum atomic E-state index is 3.34. The highest BCUT2D eigenvalue weighted by Crippen LogP contribution is 2.22. The summed E-state index contributed by atoms with van der Waals surface area (Å²) < 4.78 is 0. The lowest BCUT2D eigenvalue weighted by Crippen LogP contribution is -2.23. The lowest BCUT2D eigenvalue weighted by atomic mass is 10.1. The highest BCUT2D eigenvalue weighted by Gasteiger charge is 2.10. The van der Waals surface area contributed by atoms with E-state index in [4.69, 9.17) is 0 Å². The van der Waals surface area contributed by atoms with Crippen molar-refractivity contribution in [3.05, 3.63) is 34.5 Å². The molecule has 1 nitrogen and oxygen atoms in total. The van der Waals surface area contributed by atoms with E-state index in [0.717, 1.165) is 13.1 Å². The Balaban J connectivity index is 2.16. The van der Waals surface area contributed by atoms with Gasteiger partial charge in [0.05, 0.1) is 0 Å². The minimum atomic E-state index is 0.615. The van der Waals surface area contributed by atoms with Gasteiger partial charge in [0, 0.05) is 23.9 Å². The molecule has 0 amide bonds. The number of thiophene rings is 1. The highest BCUT2D eigenvalue weighted by atomic mass is 32.1. The molecule has 1 N–H and O–H groups in total. The molecule has 0 saturated heterocycles. The van der Waals surface area contributed by atoms with Crippen molar-refractivity contribution in [3.63, 3.8) is 0 Å². The van der Waals surface area contributed by atoms with Crippen LogP contribution in [0, 0.1) is 0 Å². The first-order valence-corrected chi connectivity index (χ1v) is 4.75. The summed E-state index contributed by atoms with van der Waals surface area (Å²) >= 11 is 1.84. The second-order valence-corrected chi connectivity index (χ2v) is 3.69. The molecular formula is C9H11NS. The molecule has 1 atom stereocenters. The molecule has 11 heavy (non-hydrogen) atoms. The van der Waals surface area contributed by atoms with Crippen molar-refractivity contribution in [1.82, 2.24) is 5.32 Å². The zero-order valence-corrected chi connectivity index (χ0v) is 7.10. The zero-order valence-electron chi connectivity index (χ0n) is 6.29. The molecule has 0 bridgehead atoms. The van der Waals surface area contributed by atoms with Crippen molar-refractivity contribution in [2.24, 2.45) is 0 Å². The molecule has 0 fully saturated rings. The van der Waals surface area contributed by atoms with Gasteiger partial charge in [0.2, 0.25) is 0 Å². The molecule has 0 radical (unpaired) electrons. The minimum absolute atomic E-state index is 0.615. The molecular weight excluding hydrogens is 154 g/mol. The average Bonchev–Trinajstić information content (AvgIpc) is 2.58. The van der Waals surface area contributed by atoms with Crippen molar-refractivity contribution in [2.45, 2.75) is 5.92 Å². The van der Waals surface area contributed by atoms with Crippen LogP contribution in [-0.4, -0.2) is 13.1 Å². The fraction of sp³-hybridized carbons (Fsp3) is 0.333. The van der Waals surface area contributed by atoms with Crippen LogP contribution in [-0.2, 0) is 0 Å². The van der Waals surface area contributed by atoms with Gasteiger partial charge in [0.25, 0.3) is 0 Å². The van der Waals surface area contributed by atoms with Gasteiger partial charge < -0.3 is 5.32 Å². The van der Waals surface area contributed by atoms with Crippen LogP contribution in [0.25, 0.3) is 0 Å². The molecule has 2 heterocycles. The first kappa shape index (κ1) is 7.07. The summed E-state index contributed by atoms with van der Waals surface area (Å²) in [7, 11) is 0. The zero-order chi connectivity index (χ0) is 7.52. The first-order chi connectivity index (χ1) is 5.47. The monoisotopic (exact) mass is 165 g/mol. The van der Waals surface area contributed by atoms with E-state index in [1.807, 2.05) is 11.3 Å². The van der Waals surface area contributed by atoms with E-state index >= 15 is 0 Å². The average molecular weight is 165 g/mol. The van der Waals surface area contributed by atoms with Crippen LogP contribution in [0.15, 0.2) is 29.7 Å². The Morgan fingerprint density at radius 2 is 2.55 bits per heavy atom. The maximum Gasteiger partial charge on any atom is 0.0238 e. The molecule has 1 aromatic rings. The summed E-state index contributed by atoms with van der Waals surface area (Å²) in [6.45, 7) is 2.12. The normalized spacial score (nSPS) is 23.8. The summed E-state index contributed by atoms with van der Waals surface area (Å²) in [5.74, 6) is 0.615. The second kappa shape index (κ2) is 3.20. The van der Waals surface area contributed by atoms with E-state index < -0.39 is 0 Å². The van der Waals surface area contributed by atoms with E-state index in [1.165, 1.54) is 4.88 Å². The van der Waals surface area contributed by atoms with Crippen LogP contribution in [0.5, 0.6) is 0 Å². The van der Waals surface area contributed by atoms with Crippen LogP contribution in [0.4, 0.5) is 0 Å². The summed E-state index contributed by atoms with van der Waals surface area (Å²) in [6, 6.07) is 4.31. The molecule has 0 aromatic carbocycles. The fourth-order valence-corrected chi connectivity index (χ4v) is 2.13. The summed E-state index contributed by atoms with van der Waals surface area (Å²) in [5.41, 5.74) is 0. The van der Waals surface area contributed by atoms with Gasteiger partial charge in [0.15, 0.2) is 0 Å². The Morgan fingerprint density at radius 1 is 1.55 bits per heavy atom. The molecule has 1 aromatic heterocycles. The van der Waals surface area contributed by atoms with Crippen LogP contribution in [0.3, 0.4) is 0 Å². The maximum absolute atomic E-state index is 3.34. The summed E-state index contributed by atoms with van der Waals surface area (Å²) in [4.78, 5) is 1.47. The van der Waals surface area contributed by atoms with Crippen molar-refractivity contribution >= 4 is 11.3 Å². The standard InChI is InChI=1S/C9H11NS/c1-3-8(7-10-5-1)9-4-2-6-11-9/h1-4,6,8,10H,5,7H2. The van der Waals surface area contributed by atoms with Gasteiger partial charge in [-0.3, -0.25) is 0 Å². The highest BCUT2D eigenvalue weighted by molar-refractivity contribution is 7.10. The Morgan fingerprint density at radius 3 is 3.18 bits per heavy atom. The van der Waals surface area contributed by atoms with E-state index in [0.29, 0.717) is 5.92 Å². The van der Waals surface area contributed by atoms with Gasteiger partial charge in [-0.15, -0.1) is 11.3 Å². The van der Waals surface area contributed by atoms with Crippen molar-refractivity contribution < 1.29 is 0 Å². The SMILES string of the molecule is C1=CC(c2cccs2)CNC1. The molecule has 0 saturated carbocycles. The van der Waals surface area contributed by atoms with Crippen LogP contribution >= 0.6 is 11.3 Å². The smallest absolute Gasteiger partial charge is 0.0238 e. The second-order valence-electron chi connectivity index (χ2n) is 2.71. The van der Waals surface area contributed by atoms with Gasteiger partial charge in [-0.1, -0.05) is 18.2 Å². The van der Waals surface area contributed by atoms with Crippen molar-refractivity contribution in [1.29, 1.82) is 0 Å². The quantitative estimate of drug-likeness (QED) is 0.627. The van der Waals surface area contributed by atoms with Crippen molar-refractivity contribution in [3.8, 4) is 0 Å². The summed E-state index contributed by atoms with van der Waals surface area (Å²) in [6.07, 6.45) is 4.50. The fourth-order valence-electron chi connectivity index (χ4n) is 1.32. The molecule has 0 spiro atoms. The van der Waals surface area contributed by atoms with Gasteiger partial charge in [-0.05, 0) is 11.4 Å². The number of hydrogen-bond donors (Lipinski definition) is 1. The lowest BCUT2D eigenvalue weighted by Gasteiger charge is -2.15. The molecule has 1 unspecified atom stereocenters. The van der Waals surface area contributed by atoms with E-state index in [9.17, 15) is 0 Å². The first-order valence-electron chi connectivity index (χ1n) is 3.87. The minimum Gasteiger partial charge on any atom is -0.312 e. The molecule has 1 aliphatic heterocycles. The Labute approximate surface area is 70.8 Å². The third-order valence-corrected chi connectivity index (χ3v) is 2.91. The Bertz CT molecular complexity index is 238. The van der Waals surface area contributed by atoms with Crippen LogP contribution in [0.1, 0.15) is 10.8 Å². The third kappa shape index (κ3) is 1.52. The lowest BCUT2D eigenvalue weighted by molar-refractivity contribution is 0.669. The summed E-state index contributed by atoms with van der Waals surface area (Å²) in [5, 5.41) is 5.48. The number of nitrogens with one attached hydrogen (secondary N) is 1. The topological polar surface area (TPSA) is 12.0 Å². The molecule has 2 heteroatoms. The van der Waals surface area contributed by atoms with Crippen LogP contribution in [0.2, 0.25) is 0 Å².